The largest absolute Gasteiger partial charge is 0.487 e. The van der Waals surface area contributed by atoms with Gasteiger partial charge in [-0.25, -0.2) is 0 Å². The molecule has 6 heteroatoms. The zero-order valence-electron chi connectivity index (χ0n) is 12.1. The van der Waals surface area contributed by atoms with Crippen molar-refractivity contribution in [1.82, 2.24) is 15.1 Å². The lowest BCUT2D eigenvalue weighted by molar-refractivity contribution is 0.343. The number of nitrogens with one attached hydrogen (secondary N) is 1. The van der Waals surface area contributed by atoms with Crippen molar-refractivity contribution < 1.29 is 4.74 Å². The predicted octanol–water partition coefficient (Wildman–Crippen LogP) is 3.65. The van der Waals surface area contributed by atoms with Crippen molar-refractivity contribution in [2.75, 3.05) is 19.7 Å². The smallest absolute Gasteiger partial charge is 0.145 e. The molecule has 0 unspecified atom stereocenters. The highest BCUT2D eigenvalue weighted by molar-refractivity contribution is 6.36. The molecule has 3 rings (SSSR count). The summed E-state index contributed by atoms with van der Waals surface area (Å²) >= 11 is 12.2. The third kappa shape index (κ3) is 3.83. The summed E-state index contributed by atoms with van der Waals surface area (Å²) in [6.07, 6.45) is 6.90. The number of hydrogen-bond donors (Lipinski definition) is 1. The number of benzene rings is 1. The van der Waals surface area contributed by atoms with Crippen LogP contribution in [0, 0.1) is 0 Å². The van der Waals surface area contributed by atoms with Gasteiger partial charge < -0.3 is 10.1 Å². The van der Waals surface area contributed by atoms with Crippen LogP contribution in [0.4, 0.5) is 0 Å². The van der Waals surface area contributed by atoms with E-state index in [9.17, 15) is 0 Å². The predicted molar refractivity (Wildman–Crippen MR) is 89.6 cm³/mol. The van der Waals surface area contributed by atoms with E-state index in [1.807, 2.05) is 23.0 Å². The molecule has 2 aromatic rings. The lowest BCUT2D eigenvalue weighted by Gasteiger charge is -2.19. The molecule has 1 aromatic carbocycles. The van der Waals surface area contributed by atoms with E-state index in [1.54, 1.807) is 12.3 Å². The Bertz CT molecular complexity index is 668. The van der Waals surface area contributed by atoms with Gasteiger partial charge in [-0.05, 0) is 42.8 Å². The quantitative estimate of drug-likeness (QED) is 0.818. The molecule has 1 aliphatic heterocycles. The summed E-state index contributed by atoms with van der Waals surface area (Å²) in [5.74, 6) is 0.716. The second kappa shape index (κ2) is 7.18. The van der Waals surface area contributed by atoms with Crippen molar-refractivity contribution >= 4 is 29.3 Å². The summed E-state index contributed by atoms with van der Waals surface area (Å²) in [6, 6.07) is 5.51. The minimum absolute atomic E-state index is 0.556. The van der Waals surface area contributed by atoms with Gasteiger partial charge >= 0.3 is 0 Å². The molecule has 0 amide bonds. The Morgan fingerprint density at radius 2 is 2.23 bits per heavy atom. The van der Waals surface area contributed by atoms with E-state index in [0.29, 0.717) is 22.4 Å². The third-order valence-electron chi connectivity index (χ3n) is 3.45. The highest BCUT2D eigenvalue weighted by Gasteiger charge is 2.15. The van der Waals surface area contributed by atoms with Gasteiger partial charge in [-0.2, -0.15) is 5.10 Å². The number of halogens is 2. The van der Waals surface area contributed by atoms with Crippen molar-refractivity contribution in [2.24, 2.45) is 0 Å². The van der Waals surface area contributed by atoms with Crippen molar-refractivity contribution in [2.45, 2.75) is 13.0 Å². The molecule has 0 atom stereocenters. The number of hydrogen-bond acceptors (Lipinski definition) is 3. The third-order valence-corrected chi connectivity index (χ3v) is 3.95. The van der Waals surface area contributed by atoms with Crippen molar-refractivity contribution in [3.8, 4) is 5.75 Å². The Morgan fingerprint density at radius 1 is 1.32 bits per heavy atom. The molecule has 116 valence electrons. The SMILES string of the molecule is Clc1cc(Cl)c2c(c1)C=C(CNCCCn1cccn1)CO2. The van der Waals surface area contributed by atoms with Crippen LogP contribution in [0.1, 0.15) is 12.0 Å². The number of ether oxygens (including phenoxy) is 1. The Kier molecular flexibility index (Phi) is 5.03. The Balaban J connectivity index is 1.50. The maximum atomic E-state index is 6.13. The van der Waals surface area contributed by atoms with Gasteiger partial charge in [-0.3, -0.25) is 4.68 Å². The van der Waals surface area contributed by atoms with E-state index >= 15 is 0 Å². The van der Waals surface area contributed by atoms with Crippen LogP contribution in [0.2, 0.25) is 10.0 Å². The van der Waals surface area contributed by atoms with Crippen molar-refractivity contribution in [1.29, 1.82) is 0 Å². The molecule has 0 radical (unpaired) electrons. The molecule has 4 nitrogen and oxygen atoms in total. The highest BCUT2D eigenvalue weighted by Crippen LogP contribution is 2.36. The molecule has 1 N–H and O–H groups in total. The normalized spacial score (nSPS) is 13.5. The number of nitrogens with zero attached hydrogens (tertiary/aromatic N) is 2. The van der Waals surface area contributed by atoms with E-state index in [-0.39, 0.29) is 0 Å². The van der Waals surface area contributed by atoms with E-state index in [1.165, 1.54) is 5.57 Å². The first-order chi connectivity index (χ1) is 10.7. The van der Waals surface area contributed by atoms with Crippen LogP contribution in [-0.2, 0) is 6.54 Å². The number of fused-ring (bicyclic) bond motifs is 1. The molecule has 22 heavy (non-hydrogen) atoms. The lowest BCUT2D eigenvalue weighted by Crippen LogP contribution is -2.23. The first-order valence-corrected chi connectivity index (χ1v) is 7.97. The number of aryl methyl sites for hydroxylation is 1. The fourth-order valence-corrected chi connectivity index (χ4v) is 2.98. The summed E-state index contributed by atoms with van der Waals surface area (Å²) in [5, 5.41) is 8.78. The maximum absolute atomic E-state index is 6.13. The van der Waals surface area contributed by atoms with Gasteiger partial charge in [0, 0.05) is 36.1 Å². The fraction of sp³-hybridized carbons (Fsp3) is 0.312. The van der Waals surface area contributed by atoms with Crippen molar-refractivity contribution in [3.05, 3.63) is 51.8 Å². The highest BCUT2D eigenvalue weighted by atomic mass is 35.5. The molecule has 0 saturated heterocycles. The molecule has 0 saturated carbocycles. The number of aromatic nitrogens is 2. The number of rotatable bonds is 6. The van der Waals surface area contributed by atoms with E-state index in [0.717, 1.165) is 31.6 Å². The molecule has 1 aromatic heterocycles. The van der Waals surface area contributed by atoms with Crippen LogP contribution in [0.5, 0.6) is 5.75 Å². The lowest BCUT2D eigenvalue weighted by atomic mass is 10.1. The van der Waals surface area contributed by atoms with Crippen molar-refractivity contribution in [3.63, 3.8) is 0 Å². The molecular weight excluding hydrogens is 321 g/mol. The van der Waals surface area contributed by atoms with Gasteiger partial charge in [-0.1, -0.05) is 23.2 Å². The Hall–Kier alpha value is -1.49. The molecular formula is C16H17Cl2N3O. The second-order valence-electron chi connectivity index (χ2n) is 5.20. The topological polar surface area (TPSA) is 39.1 Å². The van der Waals surface area contributed by atoms with E-state index < -0.39 is 0 Å². The standard InChI is InChI=1S/C16H17Cl2N3O/c17-14-8-13-7-12(11-22-16(13)15(18)9-14)10-19-3-1-5-21-6-2-4-20-21/h2,4,6-9,19H,1,3,5,10-11H2. The molecule has 1 aliphatic rings. The molecule has 0 spiro atoms. The molecule has 0 fully saturated rings. The van der Waals surface area contributed by atoms with Crippen LogP contribution in [-0.4, -0.2) is 29.5 Å². The Labute approximate surface area is 139 Å². The molecule has 0 bridgehead atoms. The average Bonchev–Trinajstić information content (AvgIpc) is 2.99. The van der Waals surface area contributed by atoms with E-state index in [4.69, 9.17) is 27.9 Å². The monoisotopic (exact) mass is 337 g/mol. The average molecular weight is 338 g/mol. The van der Waals surface area contributed by atoms with Gasteiger partial charge in [0.25, 0.3) is 0 Å². The van der Waals surface area contributed by atoms with Crippen LogP contribution >= 0.6 is 23.2 Å². The van der Waals surface area contributed by atoms with Gasteiger partial charge in [0.1, 0.15) is 12.4 Å². The zero-order valence-corrected chi connectivity index (χ0v) is 13.6. The van der Waals surface area contributed by atoms with Gasteiger partial charge in [0.15, 0.2) is 0 Å². The van der Waals surface area contributed by atoms with Crippen LogP contribution in [0.15, 0.2) is 36.2 Å². The Morgan fingerprint density at radius 3 is 3.05 bits per heavy atom. The maximum Gasteiger partial charge on any atom is 0.145 e. The second-order valence-corrected chi connectivity index (χ2v) is 6.04. The summed E-state index contributed by atoms with van der Waals surface area (Å²) in [5.41, 5.74) is 2.13. The summed E-state index contributed by atoms with van der Waals surface area (Å²) in [6.45, 7) is 3.20. The summed E-state index contributed by atoms with van der Waals surface area (Å²) in [4.78, 5) is 0. The molecule has 2 heterocycles. The van der Waals surface area contributed by atoms with Crippen LogP contribution in [0.3, 0.4) is 0 Å². The molecule has 0 aliphatic carbocycles. The zero-order chi connectivity index (χ0) is 15.4. The van der Waals surface area contributed by atoms with Crippen LogP contribution < -0.4 is 10.1 Å². The summed E-state index contributed by atoms with van der Waals surface area (Å²) < 4.78 is 7.66. The van der Waals surface area contributed by atoms with Gasteiger partial charge in [-0.15, -0.1) is 0 Å². The first kappa shape index (κ1) is 15.4. The van der Waals surface area contributed by atoms with Gasteiger partial charge in [0.05, 0.1) is 5.02 Å². The van der Waals surface area contributed by atoms with E-state index in [2.05, 4.69) is 16.5 Å². The van der Waals surface area contributed by atoms with Gasteiger partial charge in [0.2, 0.25) is 0 Å². The first-order valence-electron chi connectivity index (χ1n) is 7.22. The minimum Gasteiger partial charge on any atom is -0.487 e. The van der Waals surface area contributed by atoms with Crippen LogP contribution in [0.25, 0.3) is 6.08 Å². The minimum atomic E-state index is 0.556. The fourth-order valence-electron chi connectivity index (χ4n) is 2.42. The summed E-state index contributed by atoms with van der Waals surface area (Å²) in [7, 11) is 0.